The van der Waals surface area contributed by atoms with E-state index in [9.17, 15) is 4.79 Å². The Kier molecular flexibility index (Phi) is 8.03. The van der Waals surface area contributed by atoms with Crippen LogP contribution in [0.2, 0.25) is 0 Å². The van der Waals surface area contributed by atoms with E-state index in [-0.39, 0.29) is 5.91 Å². The Balaban J connectivity index is 1.77. The number of nitrogens with one attached hydrogen (secondary N) is 1. The van der Waals surface area contributed by atoms with E-state index in [1.165, 1.54) is 17.3 Å². The third-order valence-corrected chi connectivity index (χ3v) is 4.66. The molecule has 5 heteroatoms. The van der Waals surface area contributed by atoms with Gasteiger partial charge in [-0.15, -0.1) is 11.8 Å². The van der Waals surface area contributed by atoms with Crippen LogP contribution in [0, 0.1) is 11.3 Å². The number of hydrogen-bond acceptors (Lipinski definition) is 4. The summed E-state index contributed by atoms with van der Waals surface area (Å²) in [5, 5.41) is 11.7. The van der Waals surface area contributed by atoms with Crippen LogP contribution >= 0.6 is 11.8 Å². The molecular weight excluding hydrogens is 330 g/mol. The second-order valence-electron chi connectivity index (χ2n) is 5.82. The van der Waals surface area contributed by atoms with Crippen molar-refractivity contribution in [1.29, 1.82) is 5.26 Å². The van der Waals surface area contributed by atoms with Gasteiger partial charge in [-0.1, -0.05) is 42.5 Å². The maximum absolute atomic E-state index is 12.3. The molecular formula is C20H23N3OS. The number of aryl methyl sites for hydroxylation is 1. The van der Waals surface area contributed by atoms with Gasteiger partial charge in [0.05, 0.1) is 24.1 Å². The quantitative estimate of drug-likeness (QED) is 0.697. The van der Waals surface area contributed by atoms with Crippen LogP contribution in [0.3, 0.4) is 0 Å². The van der Waals surface area contributed by atoms with E-state index in [0.29, 0.717) is 12.3 Å². The van der Waals surface area contributed by atoms with E-state index < -0.39 is 0 Å². The highest BCUT2D eigenvalue weighted by Gasteiger charge is 2.09. The van der Waals surface area contributed by atoms with Crippen LogP contribution in [0.5, 0.6) is 0 Å². The standard InChI is InChI=1S/C20H23N3OS/c1-23(14-7-10-17-8-3-2-4-9-17)16-20(24)22-18-11-5-6-12-19(18)25-15-13-21/h2-6,8-9,11-12H,7,10,14-16H2,1H3,(H,22,24). The van der Waals surface area contributed by atoms with Gasteiger partial charge in [0.1, 0.15) is 0 Å². The van der Waals surface area contributed by atoms with Gasteiger partial charge in [-0.25, -0.2) is 0 Å². The lowest BCUT2D eigenvalue weighted by Gasteiger charge is -2.17. The number of rotatable bonds is 9. The summed E-state index contributed by atoms with van der Waals surface area (Å²) in [6.45, 7) is 1.22. The van der Waals surface area contributed by atoms with Crippen molar-refractivity contribution in [2.75, 3.05) is 31.2 Å². The Morgan fingerprint density at radius 3 is 2.64 bits per heavy atom. The minimum atomic E-state index is -0.0350. The molecule has 25 heavy (non-hydrogen) atoms. The molecule has 0 unspecified atom stereocenters. The molecule has 2 rings (SSSR count). The first-order valence-corrected chi connectivity index (χ1v) is 9.28. The number of hydrogen-bond donors (Lipinski definition) is 1. The molecule has 0 aliphatic rings. The first-order chi connectivity index (χ1) is 12.2. The Morgan fingerprint density at radius 2 is 1.88 bits per heavy atom. The maximum atomic E-state index is 12.3. The zero-order valence-corrected chi connectivity index (χ0v) is 15.3. The monoisotopic (exact) mass is 353 g/mol. The molecule has 0 heterocycles. The predicted octanol–water partition coefficient (Wildman–Crippen LogP) is 3.81. The largest absolute Gasteiger partial charge is 0.324 e. The summed E-state index contributed by atoms with van der Waals surface area (Å²) in [5.41, 5.74) is 2.09. The van der Waals surface area contributed by atoms with Gasteiger partial charge < -0.3 is 5.32 Å². The molecule has 0 radical (unpaired) electrons. The Labute approximate surface area is 153 Å². The first-order valence-electron chi connectivity index (χ1n) is 8.30. The van der Waals surface area contributed by atoms with Crippen molar-refractivity contribution >= 4 is 23.4 Å². The molecule has 130 valence electrons. The van der Waals surface area contributed by atoms with E-state index in [1.807, 2.05) is 54.4 Å². The van der Waals surface area contributed by atoms with Gasteiger partial charge in [0.2, 0.25) is 5.91 Å². The van der Waals surface area contributed by atoms with Crippen molar-refractivity contribution in [2.45, 2.75) is 17.7 Å². The number of thioether (sulfide) groups is 1. The SMILES string of the molecule is CN(CCCc1ccccc1)CC(=O)Nc1ccccc1SCC#N. The fraction of sp³-hybridized carbons (Fsp3) is 0.300. The van der Waals surface area contributed by atoms with E-state index in [4.69, 9.17) is 5.26 Å². The van der Waals surface area contributed by atoms with Gasteiger partial charge in [0.15, 0.2) is 0 Å². The summed E-state index contributed by atoms with van der Waals surface area (Å²) in [4.78, 5) is 15.2. The van der Waals surface area contributed by atoms with Gasteiger partial charge in [-0.05, 0) is 44.1 Å². The third kappa shape index (κ3) is 7.00. The topological polar surface area (TPSA) is 56.1 Å². The third-order valence-electron chi connectivity index (χ3n) is 3.72. The molecule has 2 aromatic rings. The first kappa shape index (κ1) is 19.0. The van der Waals surface area contributed by atoms with Gasteiger partial charge in [-0.3, -0.25) is 9.69 Å². The number of para-hydroxylation sites is 1. The second-order valence-corrected chi connectivity index (χ2v) is 6.84. The number of likely N-dealkylation sites (N-methyl/N-ethyl adjacent to an activating group) is 1. The van der Waals surface area contributed by atoms with Crippen LogP contribution in [0.15, 0.2) is 59.5 Å². The minimum absolute atomic E-state index is 0.0350. The lowest BCUT2D eigenvalue weighted by atomic mass is 10.1. The number of carbonyl (C=O) groups is 1. The van der Waals surface area contributed by atoms with Crippen LogP contribution in [0.4, 0.5) is 5.69 Å². The molecule has 0 spiro atoms. The Bertz CT molecular complexity index is 712. The second kappa shape index (κ2) is 10.5. The number of nitriles is 1. The lowest BCUT2D eigenvalue weighted by Crippen LogP contribution is -2.31. The summed E-state index contributed by atoms with van der Waals surface area (Å²) in [6, 6.07) is 20.1. The van der Waals surface area contributed by atoms with Crippen LogP contribution in [0.1, 0.15) is 12.0 Å². The molecule has 0 bridgehead atoms. The maximum Gasteiger partial charge on any atom is 0.238 e. The zero-order chi connectivity index (χ0) is 17.9. The van der Waals surface area contributed by atoms with Crippen LogP contribution < -0.4 is 5.32 Å². The fourth-order valence-corrected chi connectivity index (χ4v) is 3.19. The highest BCUT2D eigenvalue weighted by atomic mass is 32.2. The molecule has 4 nitrogen and oxygen atoms in total. The van der Waals surface area contributed by atoms with Gasteiger partial charge in [0.25, 0.3) is 0 Å². The number of carbonyl (C=O) groups excluding carboxylic acids is 1. The highest BCUT2D eigenvalue weighted by Crippen LogP contribution is 2.26. The number of anilines is 1. The van der Waals surface area contributed by atoms with Gasteiger partial charge >= 0.3 is 0 Å². The molecule has 0 saturated carbocycles. The predicted molar refractivity (Wildman–Crippen MR) is 104 cm³/mol. The lowest BCUT2D eigenvalue weighted by molar-refractivity contribution is -0.117. The van der Waals surface area contributed by atoms with Crippen molar-refractivity contribution in [2.24, 2.45) is 0 Å². The van der Waals surface area contributed by atoms with Crippen molar-refractivity contribution < 1.29 is 4.79 Å². The van der Waals surface area contributed by atoms with Gasteiger partial charge in [-0.2, -0.15) is 5.26 Å². The number of amides is 1. The summed E-state index contributed by atoms with van der Waals surface area (Å²) >= 11 is 1.43. The highest BCUT2D eigenvalue weighted by molar-refractivity contribution is 7.99. The Morgan fingerprint density at radius 1 is 1.16 bits per heavy atom. The molecule has 0 aliphatic heterocycles. The fourth-order valence-electron chi connectivity index (χ4n) is 2.52. The summed E-state index contributed by atoms with van der Waals surface area (Å²) in [7, 11) is 1.96. The summed E-state index contributed by atoms with van der Waals surface area (Å²) < 4.78 is 0. The average Bonchev–Trinajstić information content (AvgIpc) is 2.62. The van der Waals surface area contributed by atoms with Crippen molar-refractivity contribution in [3.63, 3.8) is 0 Å². The zero-order valence-electron chi connectivity index (χ0n) is 14.4. The molecule has 0 aromatic heterocycles. The average molecular weight is 353 g/mol. The van der Waals surface area contributed by atoms with Crippen molar-refractivity contribution in [3.05, 3.63) is 60.2 Å². The molecule has 1 N–H and O–H groups in total. The molecule has 0 saturated heterocycles. The molecule has 0 aliphatic carbocycles. The van der Waals surface area contributed by atoms with Gasteiger partial charge in [0, 0.05) is 4.90 Å². The van der Waals surface area contributed by atoms with Crippen molar-refractivity contribution in [3.8, 4) is 6.07 Å². The van der Waals surface area contributed by atoms with E-state index >= 15 is 0 Å². The van der Waals surface area contributed by atoms with E-state index in [1.54, 1.807) is 0 Å². The molecule has 0 atom stereocenters. The molecule has 0 fully saturated rings. The number of nitrogens with zero attached hydrogens (tertiary/aromatic N) is 2. The van der Waals surface area contributed by atoms with Crippen LogP contribution in [-0.4, -0.2) is 36.7 Å². The normalized spacial score (nSPS) is 10.4. The molecule has 1 amide bonds. The smallest absolute Gasteiger partial charge is 0.238 e. The van der Waals surface area contributed by atoms with Crippen molar-refractivity contribution in [1.82, 2.24) is 4.90 Å². The number of benzene rings is 2. The summed E-state index contributed by atoms with van der Waals surface area (Å²) in [6.07, 6.45) is 2.03. The van der Waals surface area contributed by atoms with Crippen LogP contribution in [0.25, 0.3) is 0 Å². The minimum Gasteiger partial charge on any atom is -0.324 e. The van der Waals surface area contributed by atoms with Crippen LogP contribution in [-0.2, 0) is 11.2 Å². The molecule has 2 aromatic carbocycles. The van der Waals surface area contributed by atoms with E-state index in [2.05, 4.69) is 23.5 Å². The Hall–Kier alpha value is -2.29. The van der Waals surface area contributed by atoms with E-state index in [0.717, 1.165) is 30.0 Å². The summed E-state index contributed by atoms with van der Waals surface area (Å²) in [5.74, 6) is 0.332.